The molecule has 5 nitrogen and oxygen atoms in total. The van der Waals surface area contributed by atoms with Crippen molar-refractivity contribution in [3.05, 3.63) is 107 Å². The lowest BCUT2D eigenvalue weighted by molar-refractivity contribution is 0.242. The fraction of sp³-hybridized carbons (Fsp3) is 0.214. The van der Waals surface area contributed by atoms with Gasteiger partial charge in [0.1, 0.15) is 11.8 Å². The molecule has 1 saturated heterocycles. The molecule has 35 heavy (non-hydrogen) atoms. The summed E-state index contributed by atoms with van der Waals surface area (Å²) in [5.74, 6) is 0.833. The summed E-state index contributed by atoms with van der Waals surface area (Å²) in [5, 5.41) is 4.94. The molecule has 1 N–H and O–H groups in total. The molecule has 1 fully saturated rings. The number of nitrogens with one attached hydrogen (secondary N) is 1. The lowest BCUT2D eigenvalue weighted by Gasteiger charge is -2.29. The van der Waals surface area contributed by atoms with E-state index in [1.807, 2.05) is 69.4 Å². The van der Waals surface area contributed by atoms with Gasteiger partial charge in [-0.05, 0) is 105 Å². The number of hydrogen-bond acceptors (Lipinski definition) is 3. The Morgan fingerprint density at radius 3 is 2.46 bits per heavy atom. The maximum Gasteiger partial charge on any atom is 0.174 e. The molecule has 0 radical (unpaired) electrons. The molecule has 2 aromatic heterocycles. The zero-order valence-electron chi connectivity index (χ0n) is 19.9. The molecule has 0 saturated carbocycles. The van der Waals surface area contributed by atoms with Gasteiger partial charge in [-0.2, -0.15) is 0 Å². The third-order valence-electron chi connectivity index (χ3n) is 6.09. The first kappa shape index (κ1) is 23.4. The van der Waals surface area contributed by atoms with Gasteiger partial charge in [0.2, 0.25) is 0 Å². The second-order valence-electron chi connectivity index (χ2n) is 8.89. The standard InChI is InChI=1S/C28H27ClN4OS/c1-18(2)34-22-12-9-20(10-13-22)33-27(26(31-28(33)35)24-7-4-5-15-30-24)25-8-6-16-32(25)21-11-14-23(29)19(3)17-21/h4-18,26-27H,1-3H3,(H,31,35)/t26-,27+/m1/s1. The number of hydrogen-bond donors (Lipinski definition) is 1. The predicted molar refractivity (Wildman–Crippen MR) is 146 cm³/mol. The number of aryl methyl sites for hydroxylation is 1. The van der Waals surface area contributed by atoms with Gasteiger partial charge in [-0.3, -0.25) is 4.98 Å². The Kier molecular flexibility index (Phi) is 6.50. The summed E-state index contributed by atoms with van der Waals surface area (Å²) in [6, 6.07) is 24.1. The average molecular weight is 503 g/mol. The van der Waals surface area contributed by atoms with E-state index in [2.05, 4.69) is 56.3 Å². The Morgan fingerprint density at radius 2 is 1.77 bits per heavy atom. The molecule has 0 bridgehead atoms. The van der Waals surface area contributed by atoms with Crippen molar-refractivity contribution in [3.63, 3.8) is 0 Å². The zero-order chi connectivity index (χ0) is 24.5. The number of nitrogens with zero attached hydrogens (tertiary/aromatic N) is 3. The minimum Gasteiger partial charge on any atom is -0.491 e. The first-order valence-corrected chi connectivity index (χ1v) is 12.4. The van der Waals surface area contributed by atoms with Crippen molar-refractivity contribution in [2.45, 2.75) is 39.0 Å². The molecule has 5 rings (SSSR count). The van der Waals surface area contributed by atoms with E-state index in [1.165, 1.54) is 0 Å². The van der Waals surface area contributed by atoms with Crippen LogP contribution in [0.3, 0.4) is 0 Å². The average Bonchev–Trinajstić information content (AvgIpc) is 3.46. The maximum atomic E-state index is 6.32. The summed E-state index contributed by atoms with van der Waals surface area (Å²) in [7, 11) is 0. The van der Waals surface area contributed by atoms with Gasteiger partial charge in [0.15, 0.2) is 5.11 Å². The molecule has 3 heterocycles. The SMILES string of the molecule is Cc1cc(-n2cccc2[C@H]2[C@@H](c3ccccn3)NC(=S)N2c2ccc(OC(C)C)cc2)ccc1Cl. The Morgan fingerprint density at radius 1 is 1.00 bits per heavy atom. The van der Waals surface area contributed by atoms with E-state index in [0.29, 0.717) is 5.11 Å². The van der Waals surface area contributed by atoms with E-state index < -0.39 is 0 Å². The predicted octanol–water partition coefficient (Wildman–Crippen LogP) is 6.80. The van der Waals surface area contributed by atoms with Gasteiger partial charge in [-0.25, -0.2) is 0 Å². The fourth-order valence-electron chi connectivity index (χ4n) is 4.54. The first-order valence-electron chi connectivity index (χ1n) is 11.6. The minimum atomic E-state index is -0.127. The number of halogens is 1. The molecule has 1 aliphatic rings. The smallest absolute Gasteiger partial charge is 0.174 e. The molecule has 7 heteroatoms. The molecule has 0 unspecified atom stereocenters. The fourth-order valence-corrected chi connectivity index (χ4v) is 5.00. The van der Waals surface area contributed by atoms with Crippen LogP contribution in [0.2, 0.25) is 5.02 Å². The monoisotopic (exact) mass is 502 g/mol. The molecule has 0 spiro atoms. The maximum absolute atomic E-state index is 6.32. The normalized spacial score (nSPS) is 17.6. The number of thiocarbonyl (C=S) groups is 1. The number of pyridine rings is 1. The Bertz CT molecular complexity index is 1340. The summed E-state index contributed by atoms with van der Waals surface area (Å²) < 4.78 is 8.05. The first-order chi connectivity index (χ1) is 16.9. The summed E-state index contributed by atoms with van der Waals surface area (Å²) in [4.78, 5) is 6.83. The highest BCUT2D eigenvalue weighted by Crippen LogP contribution is 2.42. The van der Waals surface area contributed by atoms with Gasteiger partial charge in [0, 0.05) is 34.5 Å². The van der Waals surface area contributed by atoms with Crippen LogP contribution in [0, 0.1) is 6.92 Å². The summed E-state index contributed by atoms with van der Waals surface area (Å²) in [6.07, 6.45) is 4.01. The second kappa shape index (κ2) is 9.72. The molecule has 178 valence electrons. The number of anilines is 1. The minimum absolute atomic E-state index is 0.114. The highest BCUT2D eigenvalue weighted by atomic mass is 35.5. The number of ether oxygens (including phenoxy) is 1. The van der Waals surface area contributed by atoms with Crippen LogP contribution >= 0.6 is 23.8 Å². The van der Waals surface area contributed by atoms with Crippen LogP contribution < -0.4 is 15.0 Å². The Balaban J connectivity index is 1.61. The highest BCUT2D eigenvalue weighted by molar-refractivity contribution is 7.80. The number of rotatable bonds is 6. The lowest BCUT2D eigenvalue weighted by atomic mass is 10.0. The van der Waals surface area contributed by atoms with Crippen LogP contribution in [-0.2, 0) is 0 Å². The van der Waals surface area contributed by atoms with Crippen molar-refractivity contribution in [2.24, 2.45) is 0 Å². The molecule has 1 aliphatic heterocycles. The van der Waals surface area contributed by atoms with E-state index in [0.717, 1.165) is 39.1 Å². The van der Waals surface area contributed by atoms with Crippen LogP contribution in [0.25, 0.3) is 5.69 Å². The number of benzene rings is 2. The molecular weight excluding hydrogens is 476 g/mol. The van der Waals surface area contributed by atoms with Crippen LogP contribution in [0.1, 0.15) is 42.9 Å². The zero-order valence-corrected chi connectivity index (χ0v) is 21.4. The van der Waals surface area contributed by atoms with Crippen molar-refractivity contribution in [2.75, 3.05) is 4.90 Å². The Labute approximate surface area is 216 Å². The second-order valence-corrected chi connectivity index (χ2v) is 9.69. The third kappa shape index (κ3) is 4.64. The molecule has 0 aliphatic carbocycles. The topological polar surface area (TPSA) is 42.3 Å². The molecule has 0 amide bonds. The highest BCUT2D eigenvalue weighted by Gasteiger charge is 2.42. The van der Waals surface area contributed by atoms with Gasteiger partial charge in [0.25, 0.3) is 0 Å². The Hall–Kier alpha value is -3.35. The molecule has 4 aromatic rings. The van der Waals surface area contributed by atoms with Gasteiger partial charge >= 0.3 is 0 Å². The number of aromatic nitrogens is 2. The van der Waals surface area contributed by atoms with E-state index >= 15 is 0 Å². The lowest BCUT2D eigenvalue weighted by Crippen LogP contribution is -2.30. The summed E-state index contributed by atoms with van der Waals surface area (Å²) in [5.41, 5.74) is 5.09. The van der Waals surface area contributed by atoms with Gasteiger partial charge < -0.3 is 19.5 Å². The largest absolute Gasteiger partial charge is 0.491 e. The van der Waals surface area contributed by atoms with Gasteiger partial charge in [0.05, 0.1) is 17.8 Å². The van der Waals surface area contributed by atoms with Crippen molar-refractivity contribution in [1.82, 2.24) is 14.9 Å². The summed E-state index contributed by atoms with van der Waals surface area (Å²) in [6.45, 7) is 6.06. The van der Waals surface area contributed by atoms with Crippen LogP contribution in [-0.4, -0.2) is 20.8 Å². The van der Waals surface area contributed by atoms with Crippen molar-refractivity contribution < 1.29 is 4.74 Å². The third-order valence-corrected chi connectivity index (χ3v) is 6.83. The van der Waals surface area contributed by atoms with E-state index in [1.54, 1.807) is 0 Å². The van der Waals surface area contributed by atoms with Crippen molar-refractivity contribution >= 4 is 34.6 Å². The van der Waals surface area contributed by atoms with E-state index in [-0.39, 0.29) is 18.2 Å². The van der Waals surface area contributed by atoms with Crippen molar-refractivity contribution in [3.8, 4) is 11.4 Å². The molecule has 2 atom stereocenters. The van der Waals surface area contributed by atoms with Crippen LogP contribution in [0.15, 0.2) is 85.2 Å². The van der Waals surface area contributed by atoms with Gasteiger partial charge in [-0.1, -0.05) is 17.7 Å². The van der Waals surface area contributed by atoms with Crippen LogP contribution in [0.5, 0.6) is 5.75 Å². The van der Waals surface area contributed by atoms with Crippen molar-refractivity contribution in [1.29, 1.82) is 0 Å². The summed E-state index contributed by atoms with van der Waals surface area (Å²) >= 11 is 12.2. The molecular formula is C28H27ClN4OS. The quantitative estimate of drug-likeness (QED) is 0.294. The van der Waals surface area contributed by atoms with Gasteiger partial charge in [-0.15, -0.1) is 0 Å². The van der Waals surface area contributed by atoms with Crippen LogP contribution in [0.4, 0.5) is 5.69 Å². The molecule has 2 aromatic carbocycles. The van der Waals surface area contributed by atoms with E-state index in [9.17, 15) is 0 Å². The van der Waals surface area contributed by atoms with E-state index in [4.69, 9.17) is 28.6 Å².